The summed E-state index contributed by atoms with van der Waals surface area (Å²) in [6.07, 6.45) is 6.39. The van der Waals surface area contributed by atoms with Crippen LogP contribution in [-0.2, 0) is 11.3 Å². The Morgan fingerprint density at radius 2 is 2.09 bits per heavy atom. The Kier molecular flexibility index (Phi) is 4.55. The lowest BCUT2D eigenvalue weighted by molar-refractivity contribution is 0.122. The average Bonchev–Trinajstić information content (AvgIpc) is 3.26. The lowest BCUT2D eigenvalue weighted by Crippen LogP contribution is -2.36. The summed E-state index contributed by atoms with van der Waals surface area (Å²) in [5.41, 5.74) is 1.20. The minimum atomic E-state index is 0.449. The van der Waals surface area contributed by atoms with Gasteiger partial charge in [-0.25, -0.2) is 4.98 Å². The van der Waals surface area contributed by atoms with Gasteiger partial charge in [-0.1, -0.05) is 6.07 Å². The normalized spacial score (nSPS) is 22.6. The zero-order valence-electron chi connectivity index (χ0n) is 13.2. The molecule has 2 aliphatic rings. The molecule has 1 atom stereocenters. The maximum Gasteiger partial charge on any atom is 0.185 e. The molecule has 0 N–H and O–H groups in total. The molecule has 2 aromatic heterocycles. The summed E-state index contributed by atoms with van der Waals surface area (Å²) >= 11 is 1.82. The Bertz CT molecular complexity index is 627. The SMILES string of the molecule is c1ccc([C@H]2CCCN2Cc2cnc(N3CCOCC3)s2)nc1. The van der Waals surface area contributed by atoms with Crippen LogP contribution in [0.15, 0.2) is 30.6 Å². The Morgan fingerprint density at radius 1 is 1.17 bits per heavy atom. The molecular weight excluding hydrogens is 308 g/mol. The van der Waals surface area contributed by atoms with Gasteiger partial charge in [0.1, 0.15) is 0 Å². The molecule has 0 radical (unpaired) electrons. The van der Waals surface area contributed by atoms with Crippen molar-refractivity contribution in [2.24, 2.45) is 0 Å². The van der Waals surface area contributed by atoms with Crippen LogP contribution in [0.4, 0.5) is 5.13 Å². The van der Waals surface area contributed by atoms with Gasteiger partial charge in [0.2, 0.25) is 0 Å². The fourth-order valence-electron chi connectivity index (χ4n) is 3.39. The van der Waals surface area contributed by atoms with Gasteiger partial charge in [-0.05, 0) is 31.5 Å². The minimum Gasteiger partial charge on any atom is -0.378 e. The van der Waals surface area contributed by atoms with Crippen molar-refractivity contribution in [1.82, 2.24) is 14.9 Å². The van der Waals surface area contributed by atoms with Gasteiger partial charge in [0.15, 0.2) is 5.13 Å². The first kappa shape index (κ1) is 15.1. The molecular formula is C17H22N4OS. The summed E-state index contributed by atoms with van der Waals surface area (Å²) in [5, 5.41) is 1.14. The summed E-state index contributed by atoms with van der Waals surface area (Å²) in [6.45, 7) is 5.64. The second-order valence-electron chi connectivity index (χ2n) is 6.09. The number of hydrogen-bond acceptors (Lipinski definition) is 6. The molecule has 0 aliphatic carbocycles. The highest BCUT2D eigenvalue weighted by atomic mass is 32.1. The molecule has 0 unspecified atom stereocenters. The Hall–Kier alpha value is -1.50. The van der Waals surface area contributed by atoms with E-state index in [9.17, 15) is 0 Å². The third-order valence-electron chi connectivity index (χ3n) is 4.57. The molecule has 5 nitrogen and oxygen atoms in total. The predicted octanol–water partition coefficient (Wildman–Crippen LogP) is 2.71. The van der Waals surface area contributed by atoms with Crippen molar-refractivity contribution in [3.63, 3.8) is 0 Å². The van der Waals surface area contributed by atoms with E-state index in [4.69, 9.17) is 4.74 Å². The fraction of sp³-hybridized carbons (Fsp3) is 0.529. The first-order valence-electron chi connectivity index (χ1n) is 8.32. The van der Waals surface area contributed by atoms with Crippen molar-refractivity contribution in [2.75, 3.05) is 37.7 Å². The van der Waals surface area contributed by atoms with Gasteiger partial charge in [0, 0.05) is 36.9 Å². The summed E-state index contributed by atoms with van der Waals surface area (Å²) in [6, 6.07) is 6.67. The van der Waals surface area contributed by atoms with Crippen molar-refractivity contribution < 1.29 is 4.74 Å². The molecule has 2 saturated heterocycles. The van der Waals surface area contributed by atoms with Crippen molar-refractivity contribution in [2.45, 2.75) is 25.4 Å². The fourth-order valence-corrected chi connectivity index (χ4v) is 4.38. The molecule has 122 valence electrons. The highest BCUT2D eigenvalue weighted by Gasteiger charge is 2.27. The number of pyridine rings is 1. The number of anilines is 1. The average molecular weight is 330 g/mol. The van der Waals surface area contributed by atoms with E-state index in [1.54, 1.807) is 0 Å². The van der Waals surface area contributed by atoms with Crippen LogP contribution < -0.4 is 4.90 Å². The summed E-state index contributed by atoms with van der Waals surface area (Å²) in [5.74, 6) is 0. The molecule has 2 fully saturated rings. The molecule has 4 heterocycles. The van der Waals surface area contributed by atoms with Crippen molar-refractivity contribution in [3.05, 3.63) is 41.2 Å². The van der Waals surface area contributed by atoms with Crippen LogP contribution in [-0.4, -0.2) is 47.7 Å². The maximum absolute atomic E-state index is 5.42. The Morgan fingerprint density at radius 3 is 2.91 bits per heavy atom. The van der Waals surface area contributed by atoms with Crippen LogP contribution in [0.2, 0.25) is 0 Å². The van der Waals surface area contributed by atoms with E-state index in [-0.39, 0.29) is 0 Å². The molecule has 2 aliphatic heterocycles. The second-order valence-corrected chi connectivity index (χ2v) is 7.19. The number of aromatic nitrogens is 2. The van der Waals surface area contributed by atoms with Crippen molar-refractivity contribution in [1.29, 1.82) is 0 Å². The Balaban J connectivity index is 1.44. The van der Waals surface area contributed by atoms with Crippen LogP contribution in [0, 0.1) is 0 Å². The third kappa shape index (κ3) is 3.39. The van der Waals surface area contributed by atoms with Gasteiger partial charge in [-0.3, -0.25) is 9.88 Å². The third-order valence-corrected chi connectivity index (χ3v) is 5.62. The van der Waals surface area contributed by atoms with Gasteiger partial charge in [-0.15, -0.1) is 11.3 Å². The highest BCUT2D eigenvalue weighted by Crippen LogP contribution is 2.33. The zero-order valence-corrected chi connectivity index (χ0v) is 14.0. The van der Waals surface area contributed by atoms with Gasteiger partial charge < -0.3 is 9.64 Å². The highest BCUT2D eigenvalue weighted by molar-refractivity contribution is 7.15. The van der Waals surface area contributed by atoms with E-state index in [1.807, 2.05) is 29.8 Å². The number of morpholine rings is 1. The lowest BCUT2D eigenvalue weighted by Gasteiger charge is -2.26. The number of likely N-dealkylation sites (tertiary alicyclic amines) is 1. The molecule has 0 amide bonds. The van der Waals surface area contributed by atoms with Crippen LogP contribution in [0.1, 0.15) is 29.5 Å². The number of thiazole rings is 1. The van der Waals surface area contributed by atoms with Crippen LogP contribution in [0.3, 0.4) is 0 Å². The number of nitrogens with zero attached hydrogens (tertiary/aromatic N) is 4. The lowest BCUT2D eigenvalue weighted by atomic mass is 10.1. The molecule has 0 spiro atoms. The van der Waals surface area contributed by atoms with Crippen LogP contribution in [0.5, 0.6) is 0 Å². The maximum atomic E-state index is 5.42. The topological polar surface area (TPSA) is 41.5 Å². The number of ether oxygens (including phenoxy) is 1. The number of rotatable bonds is 4. The summed E-state index contributed by atoms with van der Waals surface area (Å²) in [7, 11) is 0. The molecule has 6 heteroatoms. The van der Waals surface area contributed by atoms with E-state index in [0.29, 0.717) is 6.04 Å². The van der Waals surface area contributed by atoms with E-state index in [2.05, 4.69) is 31.9 Å². The molecule has 0 saturated carbocycles. The van der Waals surface area contributed by atoms with Crippen LogP contribution >= 0.6 is 11.3 Å². The van der Waals surface area contributed by atoms with E-state index in [0.717, 1.165) is 44.5 Å². The monoisotopic (exact) mass is 330 g/mol. The summed E-state index contributed by atoms with van der Waals surface area (Å²) in [4.78, 5) is 15.4. The molecule has 23 heavy (non-hydrogen) atoms. The first-order chi connectivity index (χ1) is 11.4. The quantitative estimate of drug-likeness (QED) is 0.862. The second kappa shape index (κ2) is 6.95. The van der Waals surface area contributed by atoms with Gasteiger partial charge in [-0.2, -0.15) is 0 Å². The predicted molar refractivity (Wildman–Crippen MR) is 91.8 cm³/mol. The van der Waals surface area contributed by atoms with E-state index >= 15 is 0 Å². The molecule has 0 aromatic carbocycles. The van der Waals surface area contributed by atoms with Crippen molar-refractivity contribution in [3.8, 4) is 0 Å². The van der Waals surface area contributed by atoms with E-state index in [1.165, 1.54) is 23.4 Å². The number of hydrogen-bond donors (Lipinski definition) is 0. The first-order valence-corrected chi connectivity index (χ1v) is 9.14. The summed E-state index contributed by atoms with van der Waals surface area (Å²) < 4.78 is 5.42. The standard InChI is InChI=1S/C17H22N4OS/c1-2-6-18-15(4-1)16-5-3-7-21(16)13-14-12-19-17(23-14)20-8-10-22-11-9-20/h1-2,4,6,12,16H,3,5,7-11,13H2/t16-/m1/s1. The Labute approximate surface area is 140 Å². The van der Waals surface area contributed by atoms with Crippen molar-refractivity contribution >= 4 is 16.5 Å². The molecule has 2 aromatic rings. The molecule has 0 bridgehead atoms. The van der Waals surface area contributed by atoms with Gasteiger partial charge >= 0.3 is 0 Å². The zero-order chi connectivity index (χ0) is 15.5. The van der Waals surface area contributed by atoms with E-state index < -0.39 is 0 Å². The van der Waals surface area contributed by atoms with Gasteiger partial charge in [0.05, 0.1) is 24.9 Å². The largest absolute Gasteiger partial charge is 0.378 e. The smallest absolute Gasteiger partial charge is 0.185 e. The van der Waals surface area contributed by atoms with Crippen LogP contribution in [0.25, 0.3) is 0 Å². The van der Waals surface area contributed by atoms with Gasteiger partial charge in [0.25, 0.3) is 0 Å². The molecule has 4 rings (SSSR count). The minimum absolute atomic E-state index is 0.449.